The molecule has 5 heteroatoms. The maximum absolute atomic E-state index is 12.6. The van der Waals surface area contributed by atoms with Gasteiger partial charge in [-0.15, -0.1) is 0 Å². The number of carbonyl (C=O) groups excluding carboxylic acids is 1. The zero-order valence-corrected chi connectivity index (χ0v) is 17.3. The minimum Gasteiger partial charge on any atom is -0.353 e. The first kappa shape index (κ1) is 18.5. The third-order valence-electron chi connectivity index (χ3n) is 7.16. The molecule has 146 valence electrons. The highest BCUT2D eigenvalue weighted by molar-refractivity contribution is 5.84. The third-order valence-corrected chi connectivity index (χ3v) is 7.16. The lowest BCUT2D eigenvalue weighted by Crippen LogP contribution is -2.40. The maximum Gasteiger partial charge on any atom is 0.220 e. The van der Waals surface area contributed by atoms with Crippen LogP contribution in [0.5, 0.6) is 0 Å². The topological polar surface area (TPSA) is 59.8 Å². The van der Waals surface area contributed by atoms with E-state index in [0.717, 1.165) is 40.7 Å². The molecule has 0 aliphatic heterocycles. The van der Waals surface area contributed by atoms with Crippen LogP contribution in [0.15, 0.2) is 0 Å². The van der Waals surface area contributed by atoms with Gasteiger partial charge in [0.05, 0.1) is 5.69 Å². The SMILES string of the molecule is Cc1nc2c(c(C)nn2C)c(C)c1CCC(=O)N[C@@H](C)[C@@H]1C[C@H]2CC[C@H]1C2. The van der Waals surface area contributed by atoms with Crippen LogP contribution in [0.4, 0.5) is 0 Å². The lowest BCUT2D eigenvalue weighted by Gasteiger charge is -2.28. The molecule has 0 unspecified atom stereocenters. The molecule has 1 amide bonds. The van der Waals surface area contributed by atoms with Crippen molar-refractivity contribution in [3.63, 3.8) is 0 Å². The van der Waals surface area contributed by atoms with Crippen molar-refractivity contribution >= 4 is 16.9 Å². The molecule has 0 saturated heterocycles. The molecule has 0 radical (unpaired) electrons. The zero-order valence-electron chi connectivity index (χ0n) is 17.3. The van der Waals surface area contributed by atoms with Crippen LogP contribution in [0.25, 0.3) is 11.0 Å². The minimum absolute atomic E-state index is 0.173. The molecular formula is C22H32N4O. The number of pyridine rings is 1. The summed E-state index contributed by atoms with van der Waals surface area (Å²) in [6, 6.07) is 0.302. The molecule has 4 atom stereocenters. The summed E-state index contributed by atoms with van der Waals surface area (Å²) in [4.78, 5) is 17.4. The van der Waals surface area contributed by atoms with E-state index in [1.807, 2.05) is 25.6 Å². The Balaban J connectivity index is 1.42. The fraction of sp³-hybridized carbons (Fsp3) is 0.682. The number of amides is 1. The largest absolute Gasteiger partial charge is 0.353 e. The van der Waals surface area contributed by atoms with Crippen LogP contribution in [-0.4, -0.2) is 26.7 Å². The maximum atomic E-state index is 12.6. The van der Waals surface area contributed by atoms with Gasteiger partial charge in [-0.25, -0.2) is 4.98 Å². The summed E-state index contributed by atoms with van der Waals surface area (Å²) in [6.45, 7) is 8.41. The number of aromatic nitrogens is 3. The average Bonchev–Trinajstić information content (AvgIpc) is 3.30. The predicted octanol–water partition coefficient (Wildman–Crippen LogP) is 3.77. The van der Waals surface area contributed by atoms with Crippen LogP contribution >= 0.6 is 0 Å². The molecule has 1 N–H and O–H groups in total. The third kappa shape index (κ3) is 3.26. The minimum atomic E-state index is 0.173. The van der Waals surface area contributed by atoms with Crippen molar-refractivity contribution in [1.82, 2.24) is 20.1 Å². The Morgan fingerprint density at radius 3 is 2.67 bits per heavy atom. The Morgan fingerprint density at radius 2 is 2.00 bits per heavy atom. The highest BCUT2D eigenvalue weighted by atomic mass is 16.1. The van der Waals surface area contributed by atoms with Crippen LogP contribution in [0, 0.1) is 38.5 Å². The number of nitrogens with one attached hydrogen (secondary N) is 1. The monoisotopic (exact) mass is 368 g/mol. The van der Waals surface area contributed by atoms with Gasteiger partial charge in [0, 0.05) is 30.6 Å². The van der Waals surface area contributed by atoms with Gasteiger partial charge in [-0.1, -0.05) is 6.42 Å². The molecular weight excluding hydrogens is 336 g/mol. The van der Waals surface area contributed by atoms with Crippen LogP contribution in [0.2, 0.25) is 0 Å². The smallest absolute Gasteiger partial charge is 0.220 e. The van der Waals surface area contributed by atoms with Gasteiger partial charge in [0.2, 0.25) is 5.91 Å². The summed E-state index contributed by atoms with van der Waals surface area (Å²) in [5.41, 5.74) is 5.36. The van der Waals surface area contributed by atoms with Crippen LogP contribution < -0.4 is 5.32 Å². The van der Waals surface area contributed by atoms with Crippen LogP contribution in [0.3, 0.4) is 0 Å². The zero-order chi connectivity index (χ0) is 19.3. The molecule has 2 aliphatic rings. The average molecular weight is 369 g/mol. The number of hydrogen-bond acceptors (Lipinski definition) is 3. The van der Waals surface area contributed by atoms with Crippen molar-refractivity contribution in [2.75, 3.05) is 0 Å². The van der Waals surface area contributed by atoms with Gasteiger partial charge in [0.15, 0.2) is 5.65 Å². The summed E-state index contributed by atoms with van der Waals surface area (Å²) >= 11 is 0. The van der Waals surface area contributed by atoms with E-state index in [0.29, 0.717) is 18.4 Å². The van der Waals surface area contributed by atoms with E-state index < -0.39 is 0 Å². The first-order valence-electron chi connectivity index (χ1n) is 10.4. The molecule has 0 aromatic carbocycles. The molecule has 2 bridgehead atoms. The van der Waals surface area contributed by atoms with Gasteiger partial charge in [0.25, 0.3) is 0 Å². The molecule has 2 fully saturated rings. The standard InChI is InChI=1S/C22H32N4O/c1-12-18(13(2)24-22-21(12)15(4)25-26(22)5)8-9-20(27)23-14(3)19-11-16-6-7-17(19)10-16/h14,16-17,19H,6-11H2,1-5H3,(H,23,27)/t14-,16-,17-,19-/m0/s1. The number of nitrogens with zero attached hydrogens (tertiary/aromatic N) is 3. The van der Waals surface area contributed by atoms with Crippen molar-refractivity contribution in [3.8, 4) is 0 Å². The van der Waals surface area contributed by atoms with Crippen LogP contribution in [0.1, 0.15) is 61.5 Å². The van der Waals surface area contributed by atoms with E-state index in [1.165, 1.54) is 36.8 Å². The molecule has 2 heterocycles. The summed E-state index contributed by atoms with van der Waals surface area (Å²) < 4.78 is 1.85. The lowest BCUT2D eigenvalue weighted by atomic mass is 9.84. The molecule has 2 aliphatic carbocycles. The fourth-order valence-corrected chi connectivity index (χ4v) is 5.81. The Morgan fingerprint density at radius 1 is 1.22 bits per heavy atom. The number of fused-ring (bicyclic) bond motifs is 3. The Labute approximate surface area is 161 Å². The lowest BCUT2D eigenvalue weighted by molar-refractivity contribution is -0.122. The van der Waals surface area contributed by atoms with Crippen molar-refractivity contribution in [3.05, 3.63) is 22.5 Å². The highest BCUT2D eigenvalue weighted by Crippen LogP contribution is 2.49. The van der Waals surface area contributed by atoms with Gasteiger partial charge < -0.3 is 5.32 Å². The van der Waals surface area contributed by atoms with Crippen molar-refractivity contribution < 1.29 is 4.79 Å². The van der Waals surface area contributed by atoms with Gasteiger partial charge in [-0.2, -0.15) is 5.10 Å². The van der Waals surface area contributed by atoms with Gasteiger partial charge in [-0.3, -0.25) is 9.48 Å². The Kier molecular flexibility index (Phi) is 4.73. The Hall–Kier alpha value is -1.91. The number of rotatable bonds is 5. The van der Waals surface area contributed by atoms with Gasteiger partial charge in [-0.05, 0) is 82.3 Å². The number of carbonyl (C=O) groups is 1. The molecule has 27 heavy (non-hydrogen) atoms. The second-order valence-electron chi connectivity index (χ2n) is 8.90. The first-order chi connectivity index (χ1) is 12.8. The Bertz CT molecular complexity index is 884. The number of hydrogen-bond donors (Lipinski definition) is 1. The molecule has 2 aromatic rings. The number of aryl methyl sites for hydroxylation is 4. The quantitative estimate of drug-likeness (QED) is 0.874. The van der Waals surface area contributed by atoms with E-state index in [-0.39, 0.29) is 5.91 Å². The fourth-order valence-electron chi connectivity index (χ4n) is 5.81. The van der Waals surface area contributed by atoms with E-state index in [4.69, 9.17) is 4.98 Å². The van der Waals surface area contributed by atoms with Crippen LogP contribution in [-0.2, 0) is 18.3 Å². The summed E-state index contributed by atoms with van der Waals surface area (Å²) in [5, 5.41) is 8.93. The highest BCUT2D eigenvalue weighted by Gasteiger charge is 2.42. The van der Waals surface area contributed by atoms with Crippen molar-refractivity contribution in [1.29, 1.82) is 0 Å². The molecule has 0 spiro atoms. The molecule has 5 nitrogen and oxygen atoms in total. The predicted molar refractivity (Wildman–Crippen MR) is 108 cm³/mol. The van der Waals surface area contributed by atoms with E-state index in [1.54, 1.807) is 0 Å². The van der Waals surface area contributed by atoms with Crippen molar-refractivity contribution in [2.45, 2.75) is 72.3 Å². The van der Waals surface area contributed by atoms with E-state index >= 15 is 0 Å². The normalized spacial score (nSPS) is 25.3. The molecule has 2 aromatic heterocycles. The molecule has 2 saturated carbocycles. The van der Waals surface area contributed by atoms with E-state index in [2.05, 4.69) is 24.3 Å². The van der Waals surface area contributed by atoms with E-state index in [9.17, 15) is 4.79 Å². The van der Waals surface area contributed by atoms with Gasteiger partial charge >= 0.3 is 0 Å². The summed E-state index contributed by atoms with van der Waals surface area (Å²) in [7, 11) is 1.94. The molecule has 4 rings (SSSR count). The summed E-state index contributed by atoms with van der Waals surface area (Å²) in [5.74, 6) is 2.62. The second-order valence-corrected chi connectivity index (χ2v) is 8.90. The van der Waals surface area contributed by atoms with Crippen molar-refractivity contribution in [2.24, 2.45) is 24.8 Å². The van der Waals surface area contributed by atoms with Gasteiger partial charge in [0.1, 0.15) is 0 Å². The second kappa shape index (κ2) is 6.92. The summed E-state index contributed by atoms with van der Waals surface area (Å²) in [6.07, 6.45) is 6.74. The first-order valence-corrected chi connectivity index (χ1v) is 10.4.